The molecular weight excluding hydrogens is 738 g/mol. The maximum absolute atomic E-state index is 6.81. The second-order valence-corrected chi connectivity index (χ2v) is 17.1. The Balaban J connectivity index is 1.43. The van der Waals surface area contributed by atoms with Gasteiger partial charge in [-0.15, -0.1) is 0 Å². The molecule has 0 amide bonds. The molecule has 0 radical (unpaired) electrons. The van der Waals surface area contributed by atoms with Crippen LogP contribution >= 0.6 is 0 Å². The highest BCUT2D eigenvalue weighted by Gasteiger charge is 2.54. The first kappa shape index (κ1) is 41.5. The lowest BCUT2D eigenvalue weighted by atomic mass is 9.67. The van der Waals surface area contributed by atoms with Crippen molar-refractivity contribution in [2.75, 3.05) is 52.9 Å². The third-order valence-electron chi connectivity index (χ3n) is 12.8. The van der Waals surface area contributed by atoms with E-state index in [1.807, 2.05) is 0 Å². The Labute approximate surface area is 352 Å². The van der Waals surface area contributed by atoms with Gasteiger partial charge in [-0.1, -0.05) is 111 Å². The number of hydrogen-bond donors (Lipinski definition) is 0. The Kier molecular flexibility index (Phi) is 12.5. The van der Waals surface area contributed by atoms with Crippen LogP contribution in [0.15, 0.2) is 72.8 Å². The fraction of sp³-hybridized carbons (Fsp3) is 0.469. The van der Waals surface area contributed by atoms with Crippen molar-refractivity contribution in [1.82, 2.24) is 0 Å². The van der Waals surface area contributed by atoms with Gasteiger partial charge in [-0.25, -0.2) is 0 Å². The summed E-state index contributed by atoms with van der Waals surface area (Å²) in [6, 6.07) is 22.3. The van der Waals surface area contributed by atoms with Gasteiger partial charge in [0.15, 0.2) is 23.0 Å². The van der Waals surface area contributed by atoms with Gasteiger partial charge in [-0.2, -0.15) is 0 Å². The van der Waals surface area contributed by atoms with Crippen LogP contribution in [0, 0.1) is 17.8 Å². The summed E-state index contributed by atoms with van der Waals surface area (Å²) in [5, 5.41) is 0. The lowest BCUT2D eigenvalue weighted by Gasteiger charge is -2.32. The van der Waals surface area contributed by atoms with Crippen LogP contribution in [-0.4, -0.2) is 67.1 Å². The first-order valence-electron chi connectivity index (χ1n) is 22.0. The molecule has 2 aliphatic carbocycles. The Morgan fingerprint density at radius 2 is 0.915 bits per heavy atom. The number of rotatable bonds is 18. The zero-order valence-corrected chi connectivity index (χ0v) is 36.1. The Morgan fingerprint density at radius 3 is 1.31 bits per heavy atom. The molecule has 3 atom stereocenters. The van der Waals surface area contributed by atoms with E-state index < -0.39 is 19.7 Å². The van der Waals surface area contributed by atoms with E-state index in [0.29, 0.717) is 76.4 Å². The molecule has 0 saturated carbocycles. The van der Waals surface area contributed by atoms with E-state index in [9.17, 15) is 0 Å². The summed E-state index contributed by atoms with van der Waals surface area (Å²) in [5.41, 5.74) is 11.1. The topological polar surface area (TPSA) is 73.8 Å². The molecule has 8 nitrogen and oxygen atoms in total. The predicted molar refractivity (Wildman–Crippen MR) is 237 cm³/mol. The van der Waals surface area contributed by atoms with Crippen molar-refractivity contribution >= 4 is 25.2 Å². The summed E-state index contributed by atoms with van der Waals surface area (Å²) in [5.74, 6) is 4.04. The summed E-state index contributed by atoms with van der Waals surface area (Å²) >= 11 is 0. The highest BCUT2D eigenvalue weighted by molar-refractivity contribution is 6.62. The molecule has 3 unspecified atom stereocenters. The zero-order valence-electron chi connectivity index (χ0n) is 36.1. The van der Waals surface area contributed by atoms with Crippen molar-refractivity contribution in [2.24, 2.45) is 17.8 Å². The van der Waals surface area contributed by atoms with Gasteiger partial charge in [0.25, 0.3) is 0 Å². The van der Waals surface area contributed by atoms with Crippen LogP contribution in [0.25, 0.3) is 22.3 Å². The van der Waals surface area contributed by atoms with Gasteiger partial charge in [0.2, 0.25) is 0 Å². The van der Waals surface area contributed by atoms with Crippen molar-refractivity contribution in [2.45, 2.75) is 79.6 Å². The zero-order chi connectivity index (χ0) is 41.3. The van der Waals surface area contributed by atoms with Crippen LogP contribution in [0.1, 0.15) is 96.4 Å². The first-order valence-corrected chi connectivity index (χ1v) is 22.0. The molecule has 0 N–H and O–H groups in total. The Bertz CT molecular complexity index is 2090. The van der Waals surface area contributed by atoms with Gasteiger partial charge in [-0.3, -0.25) is 0 Å². The van der Waals surface area contributed by atoms with Crippen LogP contribution in [0.4, 0.5) is 0 Å². The third-order valence-corrected chi connectivity index (χ3v) is 12.8. The van der Waals surface area contributed by atoms with Crippen molar-refractivity contribution < 1.29 is 37.6 Å². The van der Waals surface area contributed by atoms with Crippen molar-refractivity contribution in [3.05, 3.63) is 95.1 Å². The molecule has 8 rings (SSSR count). The van der Waals surface area contributed by atoms with E-state index in [1.54, 1.807) is 0 Å². The van der Waals surface area contributed by atoms with E-state index in [1.165, 1.54) is 0 Å². The Morgan fingerprint density at radius 1 is 0.542 bits per heavy atom. The molecule has 4 aromatic carbocycles. The van der Waals surface area contributed by atoms with Crippen LogP contribution in [0.5, 0.6) is 23.0 Å². The van der Waals surface area contributed by atoms with Gasteiger partial charge < -0.3 is 37.6 Å². The first-order chi connectivity index (χ1) is 28.7. The van der Waals surface area contributed by atoms with Gasteiger partial charge in [0.05, 0.1) is 51.7 Å². The maximum Gasteiger partial charge on any atom is 0.494 e. The van der Waals surface area contributed by atoms with Crippen molar-refractivity contribution in [3.63, 3.8) is 0 Å². The molecule has 10 heteroatoms. The standard InChI is InChI=1S/C49H60B2O8/c1-9-31(5)27-52-45-23-39-40-24-46(53-28-32(6)10-2)48(55-30-34(8)12-4)26-44(40)49(43(39)25-47(45)54-29-33(7)11-3)41-21-35(50-56-17-18-57-50)13-15-37(41)38-16-14-36(22-42(38)49)51-58-19-20-59-51/h13-16,21-26,31-32,34H,7,9-12,17-20,27-30H2,1-6,8H3. The average molecular weight is 799 g/mol. The molecule has 2 saturated heterocycles. The van der Waals surface area contributed by atoms with E-state index in [-0.39, 0.29) is 0 Å². The molecule has 2 aliphatic heterocycles. The largest absolute Gasteiger partial charge is 0.494 e. The second-order valence-electron chi connectivity index (χ2n) is 17.1. The number of benzene rings is 4. The highest BCUT2D eigenvalue weighted by atomic mass is 16.6. The number of ether oxygens (including phenoxy) is 4. The van der Waals surface area contributed by atoms with E-state index in [2.05, 4.69) is 116 Å². The fourth-order valence-corrected chi connectivity index (χ4v) is 8.45. The summed E-state index contributed by atoms with van der Waals surface area (Å²) in [6.45, 7) is 24.0. The molecule has 59 heavy (non-hydrogen) atoms. The molecule has 0 aromatic heterocycles. The van der Waals surface area contributed by atoms with Crippen LogP contribution in [0.2, 0.25) is 0 Å². The summed E-state index contributed by atoms with van der Waals surface area (Å²) in [7, 11) is -0.892. The van der Waals surface area contributed by atoms with Gasteiger partial charge in [0, 0.05) is 0 Å². The average Bonchev–Trinajstić information content (AvgIpc) is 4.10. The third kappa shape index (κ3) is 7.82. The smallest absolute Gasteiger partial charge is 0.489 e. The van der Waals surface area contributed by atoms with Crippen molar-refractivity contribution in [3.8, 4) is 45.3 Å². The summed E-state index contributed by atoms with van der Waals surface area (Å²) < 4.78 is 51.5. The van der Waals surface area contributed by atoms with Crippen molar-refractivity contribution in [1.29, 1.82) is 0 Å². The van der Waals surface area contributed by atoms with Crippen LogP contribution in [-0.2, 0) is 24.0 Å². The molecule has 2 fully saturated rings. The maximum atomic E-state index is 6.81. The molecule has 4 aromatic rings. The minimum absolute atomic E-state index is 0.371. The molecule has 4 aliphatic rings. The molecule has 1 spiro atoms. The SMILES string of the molecule is C=C(CC)COc1cc2c(cc1OCC(C)CC)-c1cc(OCC(C)CC)c(OCC(C)CC)cc1C21c2cc(B3OCCO3)ccc2-c2ccc(B3OCCO3)cc21. The molecule has 310 valence electrons. The normalized spacial score (nSPS) is 17.3. The lowest BCUT2D eigenvalue weighted by Crippen LogP contribution is -2.35. The quantitative estimate of drug-likeness (QED) is 0.0630. The van der Waals surface area contributed by atoms with Crippen LogP contribution in [0.3, 0.4) is 0 Å². The summed E-state index contributed by atoms with van der Waals surface area (Å²) in [4.78, 5) is 0. The highest BCUT2D eigenvalue weighted by Crippen LogP contribution is 2.65. The van der Waals surface area contributed by atoms with E-state index in [4.69, 9.17) is 37.6 Å². The molecule has 0 bridgehead atoms. The predicted octanol–water partition coefficient (Wildman–Crippen LogP) is 9.13. The van der Waals surface area contributed by atoms with Gasteiger partial charge >= 0.3 is 14.2 Å². The fourth-order valence-electron chi connectivity index (χ4n) is 8.45. The van der Waals surface area contributed by atoms with E-state index in [0.717, 1.165) is 104 Å². The van der Waals surface area contributed by atoms with Crippen LogP contribution < -0.4 is 29.9 Å². The minimum Gasteiger partial charge on any atom is -0.489 e. The lowest BCUT2D eigenvalue weighted by molar-refractivity contribution is 0.217. The molecule has 2 heterocycles. The van der Waals surface area contributed by atoms with Gasteiger partial charge in [0.1, 0.15) is 6.61 Å². The van der Waals surface area contributed by atoms with E-state index >= 15 is 0 Å². The number of hydrogen-bond acceptors (Lipinski definition) is 8. The monoisotopic (exact) mass is 798 g/mol. The minimum atomic E-state index is -0.794. The molecular formula is C49H60B2O8. The summed E-state index contributed by atoms with van der Waals surface area (Å²) in [6.07, 6.45) is 3.87. The van der Waals surface area contributed by atoms with Gasteiger partial charge in [-0.05, 0) is 109 Å². The Hall–Kier alpha value is -4.21. The number of fused-ring (bicyclic) bond motifs is 10. The second kappa shape index (κ2) is 17.8.